The van der Waals surface area contributed by atoms with Gasteiger partial charge >= 0.3 is 5.97 Å². The molecule has 1 aliphatic rings. The number of hydrogen-bond acceptors (Lipinski definition) is 5. The first-order valence-electron chi connectivity index (χ1n) is 10.9. The van der Waals surface area contributed by atoms with Gasteiger partial charge in [-0.2, -0.15) is 0 Å². The number of aromatic nitrogens is 1. The highest BCUT2D eigenvalue weighted by molar-refractivity contribution is 7.99. The van der Waals surface area contributed by atoms with Crippen LogP contribution in [0, 0.1) is 6.92 Å². The van der Waals surface area contributed by atoms with Crippen molar-refractivity contribution in [3.05, 3.63) is 101 Å². The number of methoxy groups -OCH3 is 1. The first kappa shape index (κ1) is 20.6. The Bertz CT molecular complexity index is 1670. The standard InChI is InChI=1S/C29H19NO3S/c1-16-11-12-21-20(15-16)25-17-7-3-4-8-18(17)28(31)27-24(14-13-22(30-21)26(25)27)34-23-10-6-5-9-19(23)29(32)33-2/h3-15H,1-2H3. The number of hydrogen-bond donors (Lipinski definition) is 0. The van der Waals surface area contributed by atoms with E-state index in [1.165, 1.54) is 18.9 Å². The van der Waals surface area contributed by atoms with Crippen LogP contribution in [0.4, 0.5) is 0 Å². The van der Waals surface area contributed by atoms with Crippen molar-refractivity contribution >= 4 is 45.3 Å². The molecule has 0 fully saturated rings. The van der Waals surface area contributed by atoms with Gasteiger partial charge in [-0.3, -0.25) is 4.79 Å². The van der Waals surface area contributed by atoms with Crippen LogP contribution in [-0.4, -0.2) is 23.8 Å². The minimum Gasteiger partial charge on any atom is -0.465 e. The third-order valence-electron chi connectivity index (χ3n) is 6.24. The molecule has 0 saturated carbocycles. The summed E-state index contributed by atoms with van der Waals surface area (Å²) < 4.78 is 4.97. The monoisotopic (exact) mass is 461 g/mol. The van der Waals surface area contributed by atoms with E-state index in [1.54, 1.807) is 12.1 Å². The van der Waals surface area contributed by atoms with Crippen LogP contribution in [0.3, 0.4) is 0 Å². The lowest BCUT2D eigenvalue weighted by atomic mass is 9.82. The number of carbonyl (C=O) groups is 2. The number of nitrogens with zero attached hydrogens (tertiary/aromatic N) is 1. The van der Waals surface area contributed by atoms with Gasteiger partial charge in [0, 0.05) is 37.3 Å². The van der Waals surface area contributed by atoms with Crippen LogP contribution < -0.4 is 0 Å². The average Bonchev–Trinajstić information content (AvgIpc) is 2.87. The third-order valence-corrected chi connectivity index (χ3v) is 7.37. The molecular weight excluding hydrogens is 442 g/mol. The highest BCUT2D eigenvalue weighted by Gasteiger charge is 2.30. The minimum absolute atomic E-state index is 0.0273. The second-order valence-electron chi connectivity index (χ2n) is 8.30. The lowest BCUT2D eigenvalue weighted by Gasteiger charge is -2.23. The topological polar surface area (TPSA) is 56.3 Å². The summed E-state index contributed by atoms with van der Waals surface area (Å²) in [7, 11) is 1.37. The van der Waals surface area contributed by atoms with Crippen molar-refractivity contribution in [2.75, 3.05) is 7.11 Å². The van der Waals surface area contributed by atoms with E-state index in [0.717, 1.165) is 48.3 Å². The molecule has 4 nitrogen and oxygen atoms in total. The maximum Gasteiger partial charge on any atom is 0.339 e. The molecule has 0 unspecified atom stereocenters. The summed E-state index contributed by atoms with van der Waals surface area (Å²) in [5.74, 6) is -0.432. The van der Waals surface area contributed by atoms with E-state index in [0.29, 0.717) is 16.7 Å². The zero-order valence-electron chi connectivity index (χ0n) is 18.6. The van der Waals surface area contributed by atoms with Gasteiger partial charge in [-0.25, -0.2) is 9.78 Å². The quantitative estimate of drug-likeness (QED) is 0.213. The molecule has 1 heterocycles. The van der Waals surface area contributed by atoms with Gasteiger partial charge in [0.15, 0.2) is 5.78 Å². The van der Waals surface area contributed by atoms with Crippen LogP contribution >= 0.6 is 11.8 Å². The van der Waals surface area contributed by atoms with E-state index in [2.05, 4.69) is 19.1 Å². The summed E-state index contributed by atoms with van der Waals surface area (Å²) >= 11 is 1.40. The van der Waals surface area contributed by atoms with Gasteiger partial charge in [0.2, 0.25) is 0 Å². The highest BCUT2D eigenvalue weighted by atomic mass is 32.2. The fourth-order valence-corrected chi connectivity index (χ4v) is 5.79. The molecular formula is C29H19NO3S. The molecule has 34 heavy (non-hydrogen) atoms. The number of esters is 1. The smallest absolute Gasteiger partial charge is 0.339 e. The van der Waals surface area contributed by atoms with Crippen LogP contribution in [0.2, 0.25) is 0 Å². The summed E-state index contributed by atoms with van der Waals surface area (Å²) in [6.45, 7) is 2.06. The molecule has 1 aliphatic carbocycles. The highest BCUT2D eigenvalue weighted by Crippen LogP contribution is 2.47. The summed E-state index contributed by atoms with van der Waals surface area (Å²) in [5.41, 5.74) is 6.58. The Labute approximate surface area is 200 Å². The van der Waals surface area contributed by atoms with Crippen molar-refractivity contribution in [2.24, 2.45) is 0 Å². The van der Waals surface area contributed by atoms with Gasteiger partial charge < -0.3 is 4.74 Å². The molecule has 0 radical (unpaired) electrons. The molecule has 0 amide bonds. The van der Waals surface area contributed by atoms with Crippen molar-refractivity contribution in [3.8, 4) is 11.1 Å². The first-order chi connectivity index (χ1) is 16.6. The number of ketones is 1. The van der Waals surface area contributed by atoms with Gasteiger partial charge in [-0.15, -0.1) is 0 Å². The van der Waals surface area contributed by atoms with Crippen molar-refractivity contribution in [1.82, 2.24) is 4.98 Å². The average molecular weight is 462 g/mol. The van der Waals surface area contributed by atoms with Crippen LogP contribution in [-0.2, 0) is 4.74 Å². The molecule has 0 atom stereocenters. The predicted octanol–water partition coefficient (Wildman–Crippen LogP) is 6.85. The van der Waals surface area contributed by atoms with Gasteiger partial charge in [-0.05, 0) is 48.9 Å². The molecule has 0 spiro atoms. The zero-order valence-corrected chi connectivity index (χ0v) is 19.4. The molecule has 5 aromatic rings. The molecule has 164 valence electrons. The Kier molecular flexibility index (Phi) is 4.74. The first-order valence-corrected chi connectivity index (χ1v) is 11.7. The maximum absolute atomic E-state index is 13.9. The predicted molar refractivity (Wildman–Crippen MR) is 135 cm³/mol. The number of benzene rings is 4. The number of rotatable bonds is 3. The summed E-state index contributed by atoms with van der Waals surface area (Å²) in [6.07, 6.45) is 0. The van der Waals surface area contributed by atoms with Gasteiger partial charge in [0.05, 0.1) is 23.7 Å². The SMILES string of the molecule is COC(=O)c1ccccc1Sc1ccc2nc3ccc(C)cc3c3c2c1C(=O)c1ccccc1-3. The fourth-order valence-electron chi connectivity index (χ4n) is 4.71. The number of pyridine rings is 1. The van der Waals surface area contributed by atoms with Gasteiger partial charge in [-0.1, -0.05) is 59.8 Å². The lowest BCUT2D eigenvalue weighted by molar-refractivity contribution is 0.0596. The Morgan fingerprint density at radius 2 is 1.56 bits per heavy atom. The van der Waals surface area contributed by atoms with E-state index in [4.69, 9.17) is 9.72 Å². The van der Waals surface area contributed by atoms with E-state index < -0.39 is 5.97 Å². The van der Waals surface area contributed by atoms with E-state index in [9.17, 15) is 9.59 Å². The van der Waals surface area contributed by atoms with Crippen LogP contribution in [0.15, 0.2) is 88.7 Å². The molecule has 6 rings (SSSR count). The van der Waals surface area contributed by atoms with Crippen molar-refractivity contribution in [2.45, 2.75) is 16.7 Å². The molecule has 4 aromatic carbocycles. The minimum atomic E-state index is -0.405. The number of carbonyl (C=O) groups excluding carboxylic acids is 2. The molecule has 0 bridgehead atoms. The normalized spacial score (nSPS) is 12.1. The zero-order chi connectivity index (χ0) is 23.4. The van der Waals surface area contributed by atoms with Crippen LogP contribution in [0.25, 0.3) is 32.9 Å². The summed E-state index contributed by atoms with van der Waals surface area (Å²) in [5, 5.41) is 1.90. The maximum atomic E-state index is 13.9. The number of ether oxygens (including phenoxy) is 1. The molecule has 5 heteroatoms. The molecule has 0 aliphatic heterocycles. The van der Waals surface area contributed by atoms with Crippen molar-refractivity contribution in [3.63, 3.8) is 0 Å². The third kappa shape index (κ3) is 3.05. The Hall–Kier alpha value is -3.96. The van der Waals surface area contributed by atoms with Crippen LogP contribution in [0.5, 0.6) is 0 Å². The lowest BCUT2D eigenvalue weighted by Crippen LogP contribution is -2.12. The van der Waals surface area contributed by atoms with E-state index in [1.807, 2.05) is 54.6 Å². The largest absolute Gasteiger partial charge is 0.465 e. The van der Waals surface area contributed by atoms with Gasteiger partial charge in [0.25, 0.3) is 0 Å². The second-order valence-corrected chi connectivity index (χ2v) is 9.39. The summed E-state index contributed by atoms with van der Waals surface area (Å²) in [4.78, 5) is 32.6. The Morgan fingerprint density at radius 3 is 2.38 bits per heavy atom. The molecule has 0 saturated heterocycles. The second kappa shape index (κ2) is 7.82. The van der Waals surface area contributed by atoms with Crippen molar-refractivity contribution < 1.29 is 14.3 Å². The van der Waals surface area contributed by atoms with E-state index in [-0.39, 0.29) is 5.78 Å². The van der Waals surface area contributed by atoms with Crippen molar-refractivity contribution in [1.29, 1.82) is 0 Å². The Balaban J connectivity index is 1.69. The van der Waals surface area contributed by atoms with E-state index >= 15 is 0 Å². The Morgan fingerprint density at radius 1 is 0.824 bits per heavy atom. The number of aryl methyl sites for hydroxylation is 1. The van der Waals surface area contributed by atoms with Gasteiger partial charge in [0.1, 0.15) is 0 Å². The summed E-state index contributed by atoms with van der Waals surface area (Å²) in [6, 6.07) is 25.2. The van der Waals surface area contributed by atoms with Crippen LogP contribution in [0.1, 0.15) is 31.8 Å². The molecule has 0 N–H and O–H groups in total. The number of fused-ring (bicyclic) bond motifs is 4. The molecule has 1 aromatic heterocycles. The fraction of sp³-hybridized carbons (Fsp3) is 0.0690.